The Morgan fingerprint density at radius 3 is 2.80 bits per heavy atom. The van der Waals surface area contributed by atoms with Crippen LogP contribution in [-0.4, -0.2) is 49.3 Å². The minimum Gasteiger partial charge on any atom is -0.338 e. The third-order valence-corrected chi connectivity index (χ3v) is 5.83. The van der Waals surface area contributed by atoms with Crippen molar-refractivity contribution >= 4 is 5.91 Å². The average Bonchev–Trinajstić information content (AvgIpc) is 3.55. The van der Waals surface area contributed by atoms with Gasteiger partial charge in [-0.3, -0.25) is 9.89 Å². The number of rotatable bonds is 4. The Balaban J connectivity index is 1.40. The van der Waals surface area contributed by atoms with Gasteiger partial charge in [-0.15, -0.1) is 0 Å². The van der Waals surface area contributed by atoms with E-state index >= 15 is 0 Å². The van der Waals surface area contributed by atoms with Crippen LogP contribution >= 0.6 is 0 Å². The molecule has 0 unspecified atom stereocenters. The molecule has 0 radical (unpaired) electrons. The highest BCUT2D eigenvalue weighted by atomic mass is 16.2. The van der Waals surface area contributed by atoms with E-state index in [1.807, 2.05) is 11.8 Å². The molecule has 5 rings (SSSR count). The van der Waals surface area contributed by atoms with Gasteiger partial charge in [0.05, 0.1) is 17.5 Å². The van der Waals surface area contributed by atoms with Crippen molar-refractivity contribution in [1.82, 2.24) is 30.3 Å². The molecule has 25 heavy (non-hydrogen) atoms. The lowest BCUT2D eigenvalue weighted by Crippen LogP contribution is -2.30. The molecule has 2 saturated carbocycles. The van der Waals surface area contributed by atoms with E-state index in [0.717, 1.165) is 18.2 Å². The Kier molecular flexibility index (Phi) is 3.36. The number of aromatic nitrogens is 5. The monoisotopic (exact) mass is 338 g/mol. The van der Waals surface area contributed by atoms with Crippen LogP contribution in [0, 0.1) is 18.8 Å². The standard InChI is InChI=1S/C18H22N6O/c1-10-13(6-7-19-21-10)18(25)24-8-14(11-2-3-11)15(9-24)17-20-16(22-23-17)12-4-5-12/h6-7,11-12,14-15H,2-5,8-9H2,1H3,(H,20,22,23)/t14-,15+/m1/s1. The quantitative estimate of drug-likeness (QED) is 0.922. The molecular weight excluding hydrogens is 316 g/mol. The van der Waals surface area contributed by atoms with Crippen molar-refractivity contribution in [3.63, 3.8) is 0 Å². The van der Waals surface area contributed by atoms with E-state index < -0.39 is 0 Å². The molecule has 2 aliphatic carbocycles. The molecule has 1 N–H and O–H groups in total. The van der Waals surface area contributed by atoms with Gasteiger partial charge in [-0.25, -0.2) is 4.98 Å². The molecule has 3 fully saturated rings. The molecule has 2 aromatic heterocycles. The number of aromatic amines is 1. The first kappa shape index (κ1) is 15.0. The van der Waals surface area contributed by atoms with Crippen molar-refractivity contribution in [2.45, 2.75) is 44.4 Å². The number of nitrogens with zero attached hydrogens (tertiary/aromatic N) is 5. The van der Waals surface area contributed by atoms with Crippen LogP contribution in [0.3, 0.4) is 0 Å². The largest absolute Gasteiger partial charge is 0.338 e. The van der Waals surface area contributed by atoms with E-state index in [2.05, 4.69) is 20.4 Å². The fraction of sp³-hybridized carbons (Fsp3) is 0.611. The summed E-state index contributed by atoms with van der Waals surface area (Å²) < 4.78 is 0. The molecule has 1 amide bonds. The number of amides is 1. The number of aryl methyl sites for hydroxylation is 1. The minimum absolute atomic E-state index is 0.0579. The molecule has 0 bridgehead atoms. The van der Waals surface area contributed by atoms with Gasteiger partial charge in [-0.2, -0.15) is 15.3 Å². The summed E-state index contributed by atoms with van der Waals surface area (Å²) in [5.74, 6) is 4.01. The van der Waals surface area contributed by atoms with Crippen LogP contribution in [0.25, 0.3) is 0 Å². The first-order chi connectivity index (χ1) is 12.2. The smallest absolute Gasteiger partial charge is 0.255 e. The van der Waals surface area contributed by atoms with Crippen LogP contribution in [0.4, 0.5) is 0 Å². The summed E-state index contributed by atoms with van der Waals surface area (Å²) in [6, 6.07) is 1.77. The lowest BCUT2D eigenvalue weighted by atomic mass is 9.91. The fourth-order valence-corrected chi connectivity index (χ4v) is 4.06. The minimum atomic E-state index is 0.0579. The molecule has 0 aromatic carbocycles. The molecule has 1 saturated heterocycles. The Bertz CT molecular complexity index is 809. The van der Waals surface area contributed by atoms with E-state index in [9.17, 15) is 4.79 Å². The molecule has 1 aliphatic heterocycles. The molecule has 7 nitrogen and oxygen atoms in total. The van der Waals surface area contributed by atoms with Crippen LogP contribution in [0.15, 0.2) is 12.3 Å². The SMILES string of the molecule is Cc1nnccc1C(=O)N1C[C@H](c2nc(C3CC3)n[nH]2)[C@@H](C2CC2)C1. The number of carbonyl (C=O) groups is 1. The molecule has 130 valence electrons. The second-order valence-electron chi connectivity index (χ2n) is 7.70. The van der Waals surface area contributed by atoms with Gasteiger partial charge in [0.1, 0.15) is 5.82 Å². The first-order valence-corrected chi connectivity index (χ1v) is 9.20. The maximum atomic E-state index is 13.0. The number of likely N-dealkylation sites (tertiary alicyclic amines) is 1. The molecule has 7 heteroatoms. The summed E-state index contributed by atoms with van der Waals surface area (Å²) in [6.07, 6.45) is 6.52. The predicted molar refractivity (Wildman–Crippen MR) is 90.0 cm³/mol. The zero-order valence-corrected chi connectivity index (χ0v) is 14.4. The van der Waals surface area contributed by atoms with Crippen molar-refractivity contribution in [2.75, 3.05) is 13.1 Å². The van der Waals surface area contributed by atoms with Gasteiger partial charge in [-0.05, 0) is 50.5 Å². The number of nitrogens with one attached hydrogen (secondary N) is 1. The number of hydrogen-bond donors (Lipinski definition) is 1. The second-order valence-corrected chi connectivity index (χ2v) is 7.70. The summed E-state index contributed by atoms with van der Waals surface area (Å²) in [5.41, 5.74) is 1.34. The number of H-pyrrole nitrogens is 1. The van der Waals surface area contributed by atoms with Gasteiger partial charge in [0.2, 0.25) is 0 Å². The van der Waals surface area contributed by atoms with E-state index in [4.69, 9.17) is 4.98 Å². The number of carbonyl (C=O) groups excluding carboxylic acids is 1. The Hall–Kier alpha value is -2.31. The molecule has 0 spiro atoms. The second kappa shape index (κ2) is 5.61. The van der Waals surface area contributed by atoms with Crippen molar-refractivity contribution < 1.29 is 4.79 Å². The van der Waals surface area contributed by atoms with Crippen molar-refractivity contribution in [2.24, 2.45) is 11.8 Å². The van der Waals surface area contributed by atoms with Gasteiger partial charge in [0.25, 0.3) is 5.91 Å². The van der Waals surface area contributed by atoms with Crippen LogP contribution in [-0.2, 0) is 0 Å². The Morgan fingerprint density at radius 1 is 1.24 bits per heavy atom. The molecule has 2 atom stereocenters. The molecule has 3 aliphatic rings. The van der Waals surface area contributed by atoms with Crippen molar-refractivity contribution in [3.05, 3.63) is 35.2 Å². The van der Waals surface area contributed by atoms with Crippen LogP contribution < -0.4 is 0 Å². The van der Waals surface area contributed by atoms with Gasteiger partial charge >= 0.3 is 0 Å². The number of hydrogen-bond acceptors (Lipinski definition) is 5. The maximum Gasteiger partial charge on any atom is 0.255 e. The molecule has 3 heterocycles. The maximum absolute atomic E-state index is 13.0. The predicted octanol–water partition coefficient (Wildman–Crippen LogP) is 2.05. The normalized spacial score (nSPS) is 26.2. The van der Waals surface area contributed by atoms with Gasteiger partial charge < -0.3 is 4.90 Å². The van der Waals surface area contributed by atoms with Crippen LogP contribution in [0.1, 0.15) is 65.2 Å². The van der Waals surface area contributed by atoms with Crippen molar-refractivity contribution in [1.29, 1.82) is 0 Å². The van der Waals surface area contributed by atoms with E-state index in [0.29, 0.717) is 35.6 Å². The summed E-state index contributed by atoms with van der Waals surface area (Å²) in [5, 5.41) is 15.5. The third kappa shape index (κ3) is 2.71. The summed E-state index contributed by atoms with van der Waals surface area (Å²) >= 11 is 0. The zero-order chi connectivity index (χ0) is 17.0. The third-order valence-electron chi connectivity index (χ3n) is 5.83. The highest BCUT2D eigenvalue weighted by Gasteiger charge is 2.46. The highest BCUT2D eigenvalue weighted by molar-refractivity contribution is 5.95. The topological polar surface area (TPSA) is 87.7 Å². The first-order valence-electron chi connectivity index (χ1n) is 9.20. The van der Waals surface area contributed by atoms with E-state index in [1.165, 1.54) is 25.7 Å². The van der Waals surface area contributed by atoms with Crippen LogP contribution in [0.2, 0.25) is 0 Å². The lowest BCUT2D eigenvalue weighted by molar-refractivity contribution is 0.0783. The average molecular weight is 338 g/mol. The molecule has 2 aromatic rings. The summed E-state index contributed by atoms with van der Waals surface area (Å²) in [4.78, 5) is 19.7. The summed E-state index contributed by atoms with van der Waals surface area (Å²) in [6.45, 7) is 3.35. The van der Waals surface area contributed by atoms with Gasteiger partial charge in [0, 0.05) is 24.9 Å². The Morgan fingerprint density at radius 2 is 2.08 bits per heavy atom. The Labute approximate surface area is 146 Å². The molecular formula is C18H22N6O. The van der Waals surface area contributed by atoms with Crippen molar-refractivity contribution in [3.8, 4) is 0 Å². The summed E-state index contributed by atoms with van der Waals surface area (Å²) in [7, 11) is 0. The lowest BCUT2D eigenvalue weighted by Gasteiger charge is -2.16. The fourth-order valence-electron chi connectivity index (χ4n) is 4.06. The highest BCUT2D eigenvalue weighted by Crippen LogP contribution is 2.47. The van der Waals surface area contributed by atoms with E-state index in [-0.39, 0.29) is 11.8 Å². The van der Waals surface area contributed by atoms with Gasteiger partial charge in [0.15, 0.2) is 5.82 Å². The van der Waals surface area contributed by atoms with Gasteiger partial charge in [-0.1, -0.05) is 0 Å². The van der Waals surface area contributed by atoms with Crippen LogP contribution in [0.5, 0.6) is 0 Å². The zero-order valence-electron chi connectivity index (χ0n) is 14.4. The van der Waals surface area contributed by atoms with E-state index in [1.54, 1.807) is 12.3 Å².